The van der Waals surface area contributed by atoms with Crippen LogP contribution in [-0.2, 0) is 0 Å². The van der Waals surface area contributed by atoms with Gasteiger partial charge in [-0.25, -0.2) is 4.39 Å². The van der Waals surface area contributed by atoms with Crippen LogP contribution in [0.5, 0.6) is 0 Å². The Hall–Kier alpha value is -2.54. The number of piperidine rings is 1. The Morgan fingerprint density at radius 3 is 2.64 bits per heavy atom. The van der Waals surface area contributed by atoms with Gasteiger partial charge in [-0.2, -0.15) is 9.78 Å². The molecule has 132 valence electrons. The van der Waals surface area contributed by atoms with E-state index in [0.717, 1.165) is 23.9 Å². The summed E-state index contributed by atoms with van der Waals surface area (Å²) in [7, 11) is 0. The van der Waals surface area contributed by atoms with Crippen molar-refractivity contribution in [3.05, 3.63) is 58.3 Å². The quantitative estimate of drug-likeness (QED) is 0.919. The van der Waals surface area contributed by atoms with E-state index in [1.54, 1.807) is 4.90 Å². The first kappa shape index (κ1) is 17.3. The Kier molecular flexibility index (Phi) is 4.94. The molecule has 0 radical (unpaired) electrons. The first-order valence-electron chi connectivity index (χ1n) is 8.40. The van der Waals surface area contributed by atoms with Crippen molar-refractivity contribution in [1.29, 1.82) is 0 Å². The van der Waals surface area contributed by atoms with Gasteiger partial charge in [0, 0.05) is 24.7 Å². The number of nitrogens with zero attached hydrogens (tertiary/aromatic N) is 3. The molecule has 1 aliphatic heterocycles. The molecule has 7 heteroatoms. The summed E-state index contributed by atoms with van der Waals surface area (Å²) in [6, 6.07) is 7.95. The molecule has 2 N–H and O–H groups in total. The zero-order chi connectivity index (χ0) is 18.0. The van der Waals surface area contributed by atoms with Gasteiger partial charge in [0.15, 0.2) is 0 Å². The molecule has 1 aliphatic rings. The molecule has 0 spiro atoms. The van der Waals surface area contributed by atoms with Crippen molar-refractivity contribution < 1.29 is 9.18 Å². The van der Waals surface area contributed by atoms with Gasteiger partial charge in [0.1, 0.15) is 11.5 Å². The van der Waals surface area contributed by atoms with Crippen molar-refractivity contribution in [1.82, 2.24) is 14.7 Å². The Bertz CT molecular complexity index is 817. The van der Waals surface area contributed by atoms with Crippen LogP contribution in [0.4, 0.5) is 4.39 Å². The van der Waals surface area contributed by atoms with Crippen LogP contribution in [0.3, 0.4) is 0 Å². The predicted molar refractivity (Wildman–Crippen MR) is 92.1 cm³/mol. The smallest absolute Gasteiger partial charge is 0.274 e. The van der Waals surface area contributed by atoms with Crippen molar-refractivity contribution in [3.8, 4) is 5.69 Å². The fourth-order valence-corrected chi connectivity index (χ4v) is 3.20. The van der Waals surface area contributed by atoms with Gasteiger partial charge in [-0.1, -0.05) is 0 Å². The average Bonchev–Trinajstić information content (AvgIpc) is 2.62. The number of rotatable bonds is 3. The summed E-state index contributed by atoms with van der Waals surface area (Å²) in [6.45, 7) is 2.52. The van der Waals surface area contributed by atoms with E-state index in [1.165, 1.54) is 36.4 Å². The minimum atomic E-state index is -0.405. The van der Waals surface area contributed by atoms with E-state index < -0.39 is 5.82 Å². The van der Waals surface area contributed by atoms with E-state index in [-0.39, 0.29) is 29.2 Å². The molecule has 1 saturated heterocycles. The zero-order valence-electron chi connectivity index (χ0n) is 14.1. The fraction of sp³-hybridized carbons (Fsp3) is 0.389. The second-order valence-electron chi connectivity index (χ2n) is 6.37. The maximum atomic E-state index is 13.1. The molecule has 0 bridgehead atoms. The van der Waals surface area contributed by atoms with Gasteiger partial charge in [-0.3, -0.25) is 9.59 Å². The largest absolute Gasteiger partial charge is 0.333 e. The van der Waals surface area contributed by atoms with Crippen LogP contribution in [0, 0.1) is 5.82 Å². The number of amides is 1. The van der Waals surface area contributed by atoms with Gasteiger partial charge in [-0.05, 0) is 56.5 Å². The van der Waals surface area contributed by atoms with Crippen LogP contribution in [0.2, 0.25) is 0 Å². The Morgan fingerprint density at radius 1 is 1.24 bits per heavy atom. The standard InChI is InChI=1S/C18H21FN4O2/c1-12(20)16-4-2-3-11-22(16)18(25)15-9-10-17(24)23(21-15)14-7-5-13(19)6-8-14/h5-10,12,16H,2-4,11,20H2,1H3/t12-,16+/m0/s1. The van der Waals surface area contributed by atoms with E-state index in [4.69, 9.17) is 5.73 Å². The third kappa shape index (κ3) is 3.61. The number of carbonyl (C=O) groups excluding carboxylic acids is 1. The molecule has 1 aromatic heterocycles. The van der Waals surface area contributed by atoms with Gasteiger partial charge >= 0.3 is 0 Å². The SMILES string of the molecule is C[C@H](N)[C@H]1CCCCN1C(=O)c1ccc(=O)n(-c2ccc(F)cc2)n1. The topological polar surface area (TPSA) is 81.2 Å². The molecule has 2 aromatic rings. The van der Waals surface area contributed by atoms with Crippen LogP contribution in [0.1, 0.15) is 36.7 Å². The summed E-state index contributed by atoms with van der Waals surface area (Å²) >= 11 is 0. The average molecular weight is 344 g/mol. The van der Waals surface area contributed by atoms with Crippen LogP contribution < -0.4 is 11.3 Å². The van der Waals surface area contributed by atoms with E-state index in [1.807, 2.05) is 6.92 Å². The maximum Gasteiger partial charge on any atom is 0.274 e. The molecule has 25 heavy (non-hydrogen) atoms. The molecular weight excluding hydrogens is 323 g/mol. The van der Waals surface area contributed by atoms with Gasteiger partial charge in [0.2, 0.25) is 0 Å². The highest BCUT2D eigenvalue weighted by atomic mass is 19.1. The number of hydrogen-bond acceptors (Lipinski definition) is 4. The van der Waals surface area contributed by atoms with Crippen molar-refractivity contribution in [3.63, 3.8) is 0 Å². The Labute approximate surface area is 145 Å². The molecular formula is C18H21FN4O2. The Balaban J connectivity index is 1.94. The Morgan fingerprint density at radius 2 is 1.96 bits per heavy atom. The molecule has 3 rings (SSSR count). The monoisotopic (exact) mass is 344 g/mol. The lowest BCUT2D eigenvalue weighted by molar-refractivity contribution is 0.0575. The first-order valence-corrected chi connectivity index (χ1v) is 8.40. The van der Waals surface area contributed by atoms with Crippen LogP contribution >= 0.6 is 0 Å². The molecule has 1 amide bonds. The van der Waals surface area contributed by atoms with E-state index in [2.05, 4.69) is 5.10 Å². The van der Waals surface area contributed by atoms with Gasteiger partial charge < -0.3 is 10.6 Å². The molecule has 6 nitrogen and oxygen atoms in total. The number of likely N-dealkylation sites (tertiary alicyclic amines) is 1. The summed E-state index contributed by atoms with van der Waals surface area (Å²) in [5, 5.41) is 4.19. The molecule has 0 aliphatic carbocycles. The number of aromatic nitrogens is 2. The third-order valence-electron chi connectivity index (χ3n) is 4.51. The molecule has 0 unspecified atom stereocenters. The maximum absolute atomic E-state index is 13.1. The van der Waals surface area contributed by atoms with Gasteiger partial charge in [-0.15, -0.1) is 0 Å². The van der Waals surface area contributed by atoms with E-state index in [0.29, 0.717) is 12.2 Å². The van der Waals surface area contributed by atoms with Gasteiger partial charge in [0.25, 0.3) is 11.5 Å². The predicted octanol–water partition coefficient (Wildman–Crippen LogP) is 1.71. The van der Waals surface area contributed by atoms with Crippen molar-refractivity contribution in [2.24, 2.45) is 5.73 Å². The van der Waals surface area contributed by atoms with Crippen molar-refractivity contribution in [2.45, 2.75) is 38.3 Å². The highest BCUT2D eigenvalue weighted by molar-refractivity contribution is 5.92. The van der Waals surface area contributed by atoms with Crippen LogP contribution in [0.25, 0.3) is 5.69 Å². The van der Waals surface area contributed by atoms with E-state index in [9.17, 15) is 14.0 Å². The summed E-state index contributed by atoms with van der Waals surface area (Å²) < 4.78 is 14.2. The number of hydrogen-bond donors (Lipinski definition) is 1. The molecule has 0 saturated carbocycles. The van der Waals surface area contributed by atoms with Crippen molar-refractivity contribution >= 4 is 5.91 Å². The number of carbonyl (C=O) groups is 1. The van der Waals surface area contributed by atoms with Crippen molar-refractivity contribution in [2.75, 3.05) is 6.54 Å². The zero-order valence-corrected chi connectivity index (χ0v) is 14.1. The number of halogens is 1. The normalized spacial score (nSPS) is 18.8. The second kappa shape index (κ2) is 7.14. The lowest BCUT2D eigenvalue weighted by atomic mass is 9.96. The molecule has 2 heterocycles. The second-order valence-corrected chi connectivity index (χ2v) is 6.37. The number of nitrogens with two attached hydrogens (primary N) is 1. The molecule has 1 aromatic carbocycles. The summed E-state index contributed by atoms with van der Waals surface area (Å²) in [6.07, 6.45) is 2.83. The number of benzene rings is 1. The first-order chi connectivity index (χ1) is 12.0. The molecule has 1 fully saturated rings. The third-order valence-corrected chi connectivity index (χ3v) is 4.51. The highest BCUT2D eigenvalue weighted by Crippen LogP contribution is 2.21. The highest BCUT2D eigenvalue weighted by Gasteiger charge is 2.30. The molecule has 2 atom stereocenters. The minimum Gasteiger partial charge on any atom is -0.333 e. The van der Waals surface area contributed by atoms with Crippen LogP contribution in [0.15, 0.2) is 41.2 Å². The summed E-state index contributed by atoms with van der Waals surface area (Å²) in [4.78, 5) is 26.7. The summed E-state index contributed by atoms with van der Waals surface area (Å²) in [5.74, 6) is -0.644. The van der Waals surface area contributed by atoms with Gasteiger partial charge in [0.05, 0.1) is 5.69 Å². The lowest BCUT2D eigenvalue weighted by Crippen LogP contribution is -2.52. The van der Waals surface area contributed by atoms with E-state index >= 15 is 0 Å². The van der Waals surface area contributed by atoms with Crippen LogP contribution in [-0.4, -0.2) is 39.2 Å². The summed E-state index contributed by atoms with van der Waals surface area (Å²) in [5.41, 5.74) is 6.23. The minimum absolute atomic E-state index is 0.0331. The lowest BCUT2D eigenvalue weighted by Gasteiger charge is -2.37. The fourth-order valence-electron chi connectivity index (χ4n) is 3.20.